The van der Waals surface area contributed by atoms with Crippen molar-refractivity contribution in [2.45, 2.75) is 68.1 Å². The average Bonchev–Trinajstić information content (AvgIpc) is 3.60. The van der Waals surface area contributed by atoms with Gasteiger partial charge in [0, 0.05) is 5.92 Å². The summed E-state index contributed by atoms with van der Waals surface area (Å²) in [5.41, 5.74) is -8.41. The molecule has 0 aromatic carbocycles. The van der Waals surface area contributed by atoms with E-state index in [-0.39, 0.29) is 31.1 Å². The van der Waals surface area contributed by atoms with Gasteiger partial charge in [0.25, 0.3) is 0 Å². The van der Waals surface area contributed by atoms with E-state index < -0.39 is 82.3 Å². The lowest BCUT2D eigenvalue weighted by Gasteiger charge is -2.51. The lowest BCUT2D eigenvalue weighted by molar-refractivity contribution is -0.182. The second-order valence-electron chi connectivity index (χ2n) is 10.8. The molecule has 0 aromatic rings. The molecule has 14 nitrogen and oxygen atoms in total. The van der Waals surface area contributed by atoms with Gasteiger partial charge in [0.05, 0.1) is 5.92 Å². The van der Waals surface area contributed by atoms with Gasteiger partial charge < -0.3 is 41.4 Å². The van der Waals surface area contributed by atoms with E-state index in [2.05, 4.69) is 31.9 Å². The van der Waals surface area contributed by atoms with E-state index in [1.807, 2.05) is 0 Å². The van der Waals surface area contributed by atoms with Crippen LogP contribution in [0.5, 0.6) is 0 Å². The van der Waals surface area contributed by atoms with Crippen molar-refractivity contribution in [3.05, 3.63) is 0 Å². The van der Waals surface area contributed by atoms with E-state index in [4.69, 9.17) is 9.47 Å². The molecule has 14 heteroatoms. The molecule has 4 spiro atoms. The number of amides is 6. The standard InChI is InChI=1S/C21H22N6O8/c28-10(6-3-4-6)22-8-12-24-11(29)7-2-1-5-18-14(30)23-9-13(25-15(18)31)35-20(8)21(9,34-12)27-17(33)19(7,18)16(32)26-20/h6-9,12-13H,1-5H2,(H,22,28)(H,23,30)(H,24,29)(H,25,31)(H,26,32)(H,27,33)/t7?,8-,9-,12?,13?,18?,19?,20+,21+/m0/s1. The molecule has 8 fully saturated rings. The predicted octanol–water partition coefficient (Wildman–Crippen LogP) is -4.24. The van der Waals surface area contributed by atoms with Crippen molar-refractivity contribution in [1.82, 2.24) is 31.9 Å². The Bertz CT molecular complexity index is 1200. The maximum absolute atomic E-state index is 14.3. The molecule has 184 valence electrons. The number of ether oxygens (including phenoxy) is 2. The molecular formula is C21H22N6O8. The van der Waals surface area contributed by atoms with E-state index in [0.717, 1.165) is 0 Å². The molecule has 5 unspecified atom stereocenters. The Balaban J connectivity index is 1.47. The fraction of sp³-hybridized carbons (Fsp3) is 0.714. The van der Waals surface area contributed by atoms with Crippen LogP contribution in [0.25, 0.3) is 0 Å². The maximum atomic E-state index is 14.3. The molecular weight excluding hydrogens is 464 g/mol. The predicted molar refractivity (Wildman–Crippen MR) is 107 cm³/mol. The highest BCUT2D eigenvalue weighted by atomic mass is 16.6. The molecule has 0 radical (unpaired) electrons. The molecule has 6 amide bonds. The van der Waals surface area contributed by atoms with Crippen molar-refractivity contribution in [3.63, 3.8) is 0 Å². The number of carbonyl (C=O) groups excluding carboxylic acids is 6. The minimum absolute atomic E-state index is 0.0918. The van der Waals surface area contributed by atoms with Crippen LogP contribution in [-0.4, -0.2) is 71.4 Å². The van der Waals surface area contributed by atoms with Crippen LogP contribution in [0, 0.1) is 22.7 Å². The Morgan fingerprint density at radius 1 is 0.829 bits per heavy atom. The van der Waals surface area contributed by atoms with Crippen LogP contribution < -0.4 is 31.9 Å². The molecule has 9 atom stereocenters. The molecule has 2 saturated carbocycles. The quantitative estimate of drug-likeness (QED) is 0.211. The van der Waals surface area contributed by atoms with E-state index in [9.17, 15) is 28.8 Å². The fourth-order valence-corrected chi connectivity index (χ4v) is 7.74. The van der Waals surface area contributed by atoms with Gasteiger partial charge in [0.2, 0.25) is 46.9 Å². The van der Waals surface area contributed by atoms with E-state index >= 15 is 0 Å². The van der Waals surface area contributed by atoms with Gasteiger partial charge in [-0.25, -0.2) is 0 Å². The van der Waals surface area contributed by atoms with E-state index in [1.54, 1.807) is 0 Å². The first-order valence-corrected chi connectivity index (χ1v) is 11.9. The number of rotatable bonds is 2. The van der Waals surface area contributed by atoms with Crippen molar-refractivity contribution in [3.8, 4) is 0 Å². The number of hydrogen-bond acceptors (Lipinski definition) is 8. The molecule has 6 heterocycles. The van der Waals surface area contributed by atoms with Gasteiger partial charge in [0.15, 0.2) is 23.3 Å². The van der Waals surface area contributed by atoms with Gasteiger partial charge >= 0.3 is 0 Å². The van der Waals surface area contributed by atoms with Crippen LogP contribution in [0.4, 0.5) is 0 Å². The van der Waals surface area contributed by atoms with Crippen molar-refractivity contribution in [2.24, 2.45) is 22.7 Å². The van der Waals surface area contributed by atoms with Crippen LogP contribution in [-0.2, 0) is 38.2 Å². The zero-order valence-corrected chi connectivity index (χ0v) is 18.3. The third kappa shape index (κ3) is 1.80. The van der Waals surface area contributed by atoms with Crippen LogP contribution in [0.2, 0.25) is 0 Å². The first kappa shape index (κ1) is 20.0. The van der Waals surface area contributed by atoms with Gasteiger partial charge in [0.1, 0.15) is 12.1 Å². The summed E-state index contributed by atoms with van der Waals surface area (Å²) in [7, 11) is 0. The summed E-state index contributed by atoms with van der Waals surface area (Å²) in [5, 5.41) is 16.8. The summed E-state index contributed by atoms with van der Waals surface area (Å²) < 4.78 is 12.6. The summed E-state index contributed by atoms with van der Waals surface area (Å²) in [6, 6.07) is -2.31. The molecule has 6 saturated heterocycles. The van der Waals surface area contributed by atoms with Crippen LogP contribution >= 0.6 is 0 Å². The Morgan fingerprint density at radius 3 is 2.26 bits per heavy atom. The monoisotopic (exact) mass is 486 g/mol. The van der Waals surface area contributed by atoms with Crippen molar-refractivity contribution in [2.75, 3.05) is 0 Å². The van der Waals surface area contributed by atoms with Crippen LogP contribution in [0.15, 0.2) is 0 Å². The summed E-state index contributed by atoms with van der Waals surface area (Å²) in [6.45, 7) is 0. The highest BCUT2D eigenvalue weighted by Crippen LogP contribution is 2.62. The van der Waals surface area contributed by atoms with Gasteiger partial charge in [-0.15, -0.1) is 0 Å². The first-order chi connectivity index (χ1) is 16.7. The topological polar surface area (TPSA) is 193 Å². The maximum Gasteiger partial charge on any atom is 0.240 e. The normalized spacial score (nSPS) is 52.2. The zero-order chi connectivity index (χ0) is 24.1. The smallest absolute Gasteiger partial charge is 0.240 e. The summed E-state index contributed by atoms with van der Waals surface area (Å²) in [5.74, 6) is -6.16. The van der Waals surface area contributed by atoms with Crippen LogP contribution in [0.1, 0.15) is 32.1 Å². The average molecular weight is 486 g/mol. The zero-order valence-electron chi connectivity index (χ0n) is 18.3. The first-order valence-electron chi connectivity index (χ1n) is 11.9. The summed E-state index contributed by atoms with van der Waals surface area (Å²) >= 11 is 0. The molecule has 8 aliphatic rings. The Hall–Kier alpha value is -3.26. The minimum Gasteiger partial charge on any atom is -0.344 e. The molecule has 6 N–H and O–H groups in total. The summed E-state index contributed by atoms with van der Waals surface area (Å²) in [4.78, 5) is 82.8. The van der Waals surface area contributed by atoms with Gasteiger partial charge in [-0.05, 0) is 25.7 Å². The molecule has 2 aliphatic carbocycles. The largest absolute Gasteiger partial charge is 0.344 e. The molecule has 35 heavy (non-hydrogen) atoms. The van der Waals surface area contributed by atoms with E-state index in [1.165, 1.54) is 0 Å². The summed E-state index contributed by atoms with van der Waals surface area (Å²) in [6.07, 6.45) is -0.745. The van der Waals surface area contributed by atoms with Gasteiger partial charge in [-0.2, -0.15) is 0 Å². The third-order valence-electron chi connectivity index (χ3n) is 9.40. The Morgan fingerprint density at radius 2 is 1.51 bits per heavy atom. The third-order valence-corrected chi connectivity index (χ3v) is 9.40. The number of fused-ring (bicyclic) bond motifs is 4. The highest BCUT2D eigenvalue weighted by molar-refractivity contribution is 6.23. The number of hydrogen-bond donors (Lipinski definition) is 6. The second kappa shape index (κ2) is 5.59. The lowest BCUT2D eigenvalue weighted by atomic mass is 9.49. The SMILES string of the molecule is O=C(N[C@H]1C2NC(=O)C3CCCC45C(=O)NC6O[C@]17NC(=O)C34C(=O)N[C@@]7(O2)[C@H]6NC5=O)C1CC1. The fourth-order valence-electron chi connectivity index (χ4n) is 7.74. The van der Waals surface area contributed by atoms with Crippen molar-refractivity contribution < 1.29 is 38.2 Å². The van der Waals surface area contributed by atoms with Crippen molar-refractivity contribution >= 4 is 35.4 Å². The molecule has 4 bridgehead atoms. The molecule has 8 rings (SSSR count). The van der Waals surface area contributed by atoms with Crippen LogP contribution in [0.3, 0.4) is 0 Å². The van der Waals surface area contributed by atoms with Crippen molar-refractivity contribution in [1.29, 1.82) is 0 Å². The number of nitrogens with one attached hydrogen (secondary N) is 6. The van der Waals surface area contributed by atoms with Gasteiger partial charge in [-0.3, -0.25) is 28.8 Å². The lowest BCUT2D eigenvalue weighted by Crippen LogP contribution is -2.77. The van der Waals surface area contributed by atoms with E-state index in [0.29, 0.717) is 12.8 Å². The Kier molecular flexibility index (Phi) is 3.19. The number of carbonyl (C=O) groups is 6. The van der Waals surface area contributed by atoms with Gasteiger partial charge in [-0.1, -0.05) is 6.42 Å². The molecule has 0 aromatic heterocycles. The minimum atomic E-state index is -2.39. The molecule has 6 aliphatic heterocycles. The second-order valence-corrected chi connectivity index (χ2v) is 10.8. The Labute approximate surface area is 196 Å². The highest BCUT2D eigenvalue weighted by Gasteiger charge is 2.89.